The molecule has 2 aromatic carbocycles. The van der Waals surface area contributed by atoms with Crippen molar-refractivity contribution in [3.8, 4) is 0 Å². The number of aromatic nitrogens is 2. The van der Waals surface area contributed by atoms with Gasteiger partial charge in [0, 0.05) is 12.8 Å². The van der Waals surface area contributed by atoms with Crippen molar-refractivity contribution >= 4 is 16.7 Å². The molecule has 4 N–H and O–H groups in total. The quantitative estimate of drug-likeness (QED) is 0.724. The molecule has 6 heteroatoms. The number of nitrogens with zero attached hydrogens (tertiary/aromatic N) is 2. The highest BCUT2D eigenvalue weighted by Crippen LogP contribution is 2.21. The topological polar surface area (TPSA) is 108 Å². The van der Waals surface area contributed by atoms with E-state index in [0.717, 1.165) is 5.56 Å². The Balaban J connectivity index is 1.77. The van der Waals surface area contributed by atoms with Gasteiger partial charge in [-0.2, -0.15) is 4.98 Å². The highest BCUT2D eigenvalue weighted by atomic mass is 16.5. The van der Waals surface area contributed by atoms with Crippen LogP contribution < -0.4 is 11.5 Å². The number of hydrogen-bond donors (Lipinski definition) is 2. The molecule has 1 aromatic heterocycles. The van der Waals surface area contributed by atoms with Gasteiger partial charge in [0.1, 0.15) is 0 Å². The first kappa shape index (κ1) is 15.2. The smallest absolute Gasteiger partial charge is 0.243 e. The van der Waals surface area contributed by atoms with E-state index in [2.05, 4.69) is 28.3 Å². The lowest BCUT2D eigenvalue weighted by atomic mass is 10.0. The second-order valence-corrected chi connectivity index (χ2v) is 5.48. The first-order valence-electron chi connectivity index (χ1n) is 7.46. The van der Waals surface area contributed by atoms with Gasteiger partial charge in [-0.15, -0.1) is 0 Å². The van der Waals surface area contributed by atoms with E-state index in [1.807, 2.05) is 24.3 Å². The monoisotopic (exact) mass is 310 g/mol. The predicted octanol–water partition coefficient (Wildman–Crippen LogP) is 2.08. The molecular formula is C17H18N4O2. The zero-order valence-corrected chi connectivity index (χ0v) is 12.6. The van der Waals surface area contributed by atoms with E-state index >= 15 is 0 Å². The molecule has 0 spiro atoms. The molecule has 0 saturated carbocycles. The Morgan fingerprint density at radius 3 is 2.78 bits per heavy atom. The standard InChI is InChI=1S/C17H18N4O2/c18-14(8-9-15(19)22)17-20-16(21-23-17)10-12-6-3-5-11-4-1-2-7-13(11)12/h1-7,14H,8-10,18H2,(H2,19,22)/t14-/m0/s1. The van der Waals surface area contributed by atoms with Gasteiger partial charge < -0.3 is 16.0 Å². The van der Waals surface area contributed by atoms with Crippen molar-refractivity contribution in [3.63, 3.8) is 0 Å². The molecule has 3 aromatic rings. The lowest BCUT2D eigenvalue weighted by molar-refractivity contribution is -0.118. The average molecular weight is 310 g/mol. The van der Waals surface area contributed by atoms with Crippen molar-refractivity contribution in [1.29, 1.82) is 0 Å². The molecule has 0 aliphatic rings. The van der Waals surface area contributed by atoms with Crippen LogP contribution in [-0.4, -0.2) is 16.0 Å². The van der Waals surface area contributed by atoms with Crippen LogP contribution in [-0.2, 0) is 11.2 Å². The summed E-state index contributed by atoms with van der Waals surface area (Å²) in [6.45, 7) is 0. The highest BCUT2D eigenvalue weighted by Gasteiger charge is 2.16. The Morgan fingerprint density at radius 1 is 1.17 bits per heavy atom. The number of fused-ring (bicyclic) bond motifs is 1. The average Bonchev–Trinajstić information content (AvgIpc) is 3.01. The van der Waals surface area contributed by atoms with Gasteiger partial charge in [0.15, 0.2) is 5.82 Å². The summed E-state index contributed by atoms with van der Waals surface area (Å²) in [5.41, 5.74) is 12.2. The Labute approximate surface area is 133 Å². The normalized spacial score (nSPS) is 12.4. The molecular weight excluding hydrogens is 292 g/mol. The number of rotatable bonds is 6. The number of hydrogen-bond acceptors (Lipinski definition) is 5. The van der Waals surface area contributed by atoms with Crippen LogP contribution in [0, 0.1) is 0 Å². The number of benzene rings is 2. The van der Waals surface area contributed by atoms with Gasteiger partial charge in [-0.3, -0.25) is 4.79 Å². The molecule has 0 saturated heterocycles. The lowest BCUT2D eigenvalue weighted by Crippen LogP contribution is -2.16. The van der Waals surface area contributed by atoms with Crippen molar-refractivity contribution in [3.05, 3.63) is 59.7 Å². The van der Waals surface area contributed by atoms with E-state index in [4.69, 9.17) is 16.0 Å². The van der Waals surface area contributed by atoms with Gasteiger partial charge in [-0.1, -0.05) is 47.6 Å². The minimum atomic E-state index is -0.476. The van der Waals surface area contributed by atoms with Crippen LogP contribution in [0.2, 0.25) is 0 Å². The molecule has 0 fully saturated rings. The lowest BCUT2D eigenvalue weighted by Gasteiger charge is -2.04. The molecule has 0 radical (unpaired) electrons. The summed E-state index contributed by atoms with van der Waals surface area (Å²) in [7, 11) is 0. The second kappa shape index (κ2) is 6.58. The van der Waals surface area contributed by atoms with Crippen LogP contribution in [0.4, 0.5) is 0 Å². The first-order chi connectivity index (χ1) is 11.1. The van der Waals surface area contributed by atoms with Gasteiger partial charge in [-0.05, 0) is 22.8 Å². The van der Waals surface area contributed by atoms with E-state index in [9.17, 15) is 4.79 Å². The number of carbonyl (C=O) groups excluding carboxylic acids is 1. The van der Waals surface area contributed by atoms with Crippen molar-refractivity contribution in [1.82, 2.24) is 10.1 Å². The molecule has 23 heavy (non-hydrogen) atoms. The maximum absolute atomic E-state index is 10.8. The summed E-state index contributed by atoms with van der Waals surface area (Å²) in [5, 5.41) is 6.32. The molecule has 1 atom stereocenters. The second-order valence-electron chi connectivity index (χ2n) is 5.48. The Morgan fingerprint density at radius 2 is 1.96 bits per heavy atom. The number of carbonyl (C=O) groups is 1. The molecule has 0 unspecified atom stereocenters. The van der Waals surface area contributed by atoms with Crippen LogP contribution >= 0.6 is 0 Å². The van der Waals surface area contributed by atoms with Crippen LogP contribution in [0.1, 0.15) is 36.2 Å². The van der Waals surface area contributed by atoms with E-state index in [1.54, 1.807) is 0 Å². The van der Waals surface area contributed by atoms with E-state index in [-0.39, 0.29) is 6.42 Å². The fourth-order valence-corrected chi connectivity index (χ4v) is 2.53. The predicted molar refractivity (Wildman–Crippen MR) is 86.4 cm³/mol. The fourth-order valence-electron chi connectivity index (χ4n) is 2.53. The summed E-state index contributed by atoms with van der Waals surface area (Å²) in [6.07, 6.45) is 1.15. The van der Waals surface area contributed by atoms with E-state index in [0.29, 0.717) is 24.6 Å². The van der Waals surface area contributed by atoms with Gasteiger partial charge >= 0.3 is 0 Å². The van der Waals surface area contributed by atoms with Gasteiger partial charge in [-0.25, -0.2) is 0 Å². The Kier molecular flexibility index (Phi) is 4.34. The number of primary amides is 1. The zero-order valence-electron chi connectivity index (χ0n) is 12.6. The fraction of sp³-hybridized carbons (Fsp3) is 0.235. The van der Waals surface area contributed by atoms with E-state index in [1.165, 1.54) is 10.8 Å². The summed E-state index contributed by atoms with van der Waals surface area (Å²) in [6, 6.07) is 13.8. The minimum Gasteiger partial charge on any atom is -0.370 e. The molecule has 0 bridgehead atoms. The molecule has 3 rings (SSSR count). The van der Waals surface area contributed by atoms with Gasteiger partial charge in [0.25, 0.3) is 0 Å². The maximum Gasteiger partial charge on any atom is 0.243 e. The summed E-state index contributed by atoms with van der Waals surface area (Å²) < 4.78 is 5.20. The molecule has 118 valence electrons. The van der Waals surface area contributed by atoms with E-state index < -0.39 is 11.9 Å². The summed E-state index contributed by atoms with van der Waals surface area (Å²) in [4.78, 5) is 15.1. The van der Waals surface area contributed by atoms with Gasteiger partial charge in [0.2, 0.25) is 11.8 Å². The van der Waals surface area contributed by atoms with Gasteiger partial charge in [0.05, 0.1) is 6.04 Å². The van der Waals surface area contributed by atoms with Crippen molar-refractivity contribution < 1.29 is 9.32 Å². The third-order valence-corrected chi connectivity index (χ3v) is 3.73. The largest absolute Gasteiger partial charge is 0.370 e. The summed E-state index contributed by atoms with van der Waals surface area (Å²) >= 11 is 0. The molecule has 0 aliphatic heterocycles. The Hall–Kier alpha value is -2.73. The Bertz CT molecular complexity index is 823. The molecule has 1 amide bonds. The van der Waals surface area contributed by atoms with Crippen molar-refractivity contribution in [2.45, 2.75) is 25.3 Å². The molecule has 6 nitrogen and oxygen atoms in total. The van der Waals surface area contributed by atoms with Crippen molar-refractivity contribution in [2.75, 3.05) is 0 Å². The number of nitrogens with two attached hydrogens (primary N) is 2. The molecule has 1 heterocycles. The SMILES string of the molecule is NC(=O)CC[C@H](N)c1nc(Cc2cccc3ccccc23)no1. The first-order valence-corrected chi connectivity index (χ1v) is 7.46. The summed E-state index contributed by atoms with van der Waals surface area (Å²) in [5.74, 6) is 0.517. The zero-order chi connectivity index (χ0) is 16.2. The van der Waals surface area contributed by atoms with Crippen LogP contribution in [0.15, 0.2) is 47.0 Å². The van der Waals surface area contributed by atoms with Crippen LogP contribution in [0.25, 0.3) is 10.8 Å². The third kappa shape index (κ3) is 3.54. The number of amides is 1. The van der Waals surface area contributed by atoms with Crippen molar-refractivity contribution in [2.24, 2.45) is 11.5 Å². The minimum absolute atomic E-state index is 0.197. The highest BCUT2D eigenvalue weighted by molar-refractivity contribution is 5.85. The maximum atomic E-state index is 10.8. The third-order valence-electron chi connectivity index (χ3n) is 3.73. The molecule has 0 aliphatic carbocycles. The van der Waals surface area contributed by atoms with Crippen LogP contribution in [0.3, 0.4) is 0 Å². The van der Waals surface area contributed by atoms with Crippen LogP contribution in [0.5, 0.6) is 0 Å².